The first-order valence-electron chi connectivity index (χ1n) is 7.64. The molecule has 0 radical (unpaired) electrons. The number of rotatable bonds is 4. The number of hydrogen-bond donors (Lipinski definition) is 3. The molecule has 1 aromatic carbocycles. The number of nitrogens with zero attached hydrogens (tertiary/aromatic N) is 3. The number of hydrazine groups is 1. The van der Waals surface area contributed by atoms with Crippen LogP contribution in [0.2, 0.25) is 5.02 Å². The van der Waals surface area contributed by atoms with E-state index in [1.165, 1.54) is 4.90 Å². The SMILES string of the molecule is C[NH+]1CCN(Nc2nnc(Cc3ccccc3Cl)c(=O)[nH]2)CC1. The van der Waals surface area contributed by atoms with Crippen molar-refractivity contribution < 1.29 is 4.90 Å². The van der Waals surface area contributed by atoms with Crippen molar-refractivity contribution >= 4 is 17.5 Å². The summed E-state index contributed by atoms with van der Waals surface area (Å²) in [5.41, 5.74) is 4.07. The Morgan fingerprint density at radius 3 is 2.74 bits per heavy atom. The van der Waals surface area contributed by atoms with Crippen LogP contribution in [0.5, 0.6) is 0 Å². The van der Waals surface area contributed by atoms with Crippen LogP contribution in [0.25, 0.3) is 0 Å². The summed E-state index contributed by atoms with van der Waals surface area (Å²) in [4.78, 5) is 16.4. The van der Waals surface area contributed by atoms with Gasteiger partial charge in [0.1, 0.15) is 5.69 Å². The third kappa shape index (κ3) is 4.07. The zero-order chi connectivity index (χ0) is 16.2. The minimum atomic E-state index is -0.248. The van der Waals surface area contributed by atoms with Crippen molar-refractivity contribution in [3.63, 3.8) is 0 Å². The van der Waals surface area contributed by atoms with Crippen LogP contribution < -0.4 is 15.9 Å². The zero-order valence-corrected chi connectivity index (χ0v) is 13.7. The Bertz CT molecular complexity index is 726. The Morgan fingerprint density at radius 1 is 1.30 bits per heavy atom. The summed E-state index contributed by atoms with van der Waals surface area (Å²) >= 11 is 6.12. The molecule has 0 saturated carbocycles. The molecule has 23 heavy (non-hydrogen) atoms. The van der Waals surface area contributed by atoms with Gasteiger partial charge < -0.3 is 4.90 Å². The lowest BCUT2D eigenvalue weighted by molar-refractivity contribution is -0.884. The maximum absolute atomic E-state index is 12.2. The largest absolute Gasteiger partial charge is 0.335 e. The topological polar surface area (TPSA) is 78.3 Å². The van der Waals surface area contributed by atoms with E-state index < -0.39 is 0 Å². The van der Waals surface area contributed by atoms with E-state index in [4.69, 9.17) is 11.6 Å². The number of nitrogens with one attached hydrogen (secondary N) is 3. The van der Waals surface area contributed by atoms with E-state index in [1.807, 2.05) is 23.2 Å². The molecule has 8 heteroatoms. The van der Waals surface area contributed by atoms with Crippen LogP contribution in [0.3, 0.4) is 0 Å². The van der Waals surface area contributed by atoms with Crippen molar-refractivity contribution in [2.45, 2.75) is 6.42 Å². The lowest BCUT2D eigenvalue weighted by atomic mass is 10.1. The van der Waals surface area contributed by atoms with Gasteiger partial charge in [0.05, 0.1) is 33.2 Å². The second kappa shape index (κ2) is 7.08. The number of hydrogen-bond acceptors (Lipinski definition) is 5. The van der Waals surface area contributed by atoms with Gasteiger partial charge in [0.25, 0.3) is 5.56 Å². The molecule has 1 fully saturated rings. The number of piperazine rings is 1. The van der Waals surface area contributed by atoms with Gasteiger partial charge in [-0.3, -0.25) is 15.2 Å². The first-order chi connectivity index (χ1) is 11.1. The van der Waals surface area contributed by atoms with Crippen LogP contribution in [0.4, 0.5) is 5.95 Å². The second-order valence-electron chi connectivity index (χ2n) is 5.77. The molecule has 0 unspecified atom stereocenters. The molecule has 1 aliphatic rings. The van der Waals surface area contributed by atoms with E-state index in [0.29, 0.717) is 23.1 Å². The van der Waals surface area contributed by atoms with Crippen molar-refractivity contribution in [3.05, 3.63) is 50.9 Å². The Hall–Kier alpha value is -1.96. The molecule has 0 atom stereocenters. The average molecular weight is 336 g/mol. The van der Waals surface area contributed by atoms with E-state index in [2.05, 4.69) is 27.7 Å². The van der Waals surface area contributed by atoms with E-state index in [-0.39, 0.29) is 5.56 Å². The van der Waals surface area contributed by atoms with Crippen LogP contribution in [0.1, 0.15) is 11.3 Å². The molecule has 0 spiro atoms. The summed E-state index contributed by atoms with van der Waals surface area (Å²) in [6.45, 7) is 3.90. The van der Waals surface area contributed by atoms with Gasteiger partial charge in [-0.2, -0.15) is 0 Å². The highest BCUT2D eigenvalue weighted by Crippen LogP contribution is 2.16. The fourth-order valence-electron chi connectivity index (χ4n) is 2.50. The number of H-pyrrole nitrogens is 1. The standard InChI is InChI=1S/C15H19ClN6O/c1-21-6-8-22(9-7-21)20-15-17-14(23)13(18-19-15)10-11-4-2-3-5-12(11)16/h2-5H,6-10H2,1H3,(H2,17,19,20,23)/p+1. The van der Waals surface area contributed by atoms with Crippen LogP contribution in [0, 0.1) is 0 Å². The number of aromatic amines is 1. The van der Waals surface area contributed by atoms with E-state index >= 15 is 0 Å². The van der Waals surface area contributed by atoms with E-state index in [0.717, 1.165) is 31.7 Å². The minimum Gasteiger partial charge on any atom is -0.335 e. The van der Waals surface area contributed by atoms with Crippen molar-refractivity contribution in [1.29, 1.82) is 0 Å². The van der Waals surface area contributed by atoms with Crippen LogP contribution in [-0.2, 0) is 6.42 Å². The van der Waals surface area contributed by atoms with E-state index in [1.54, 1.807) is 6.07 Å². The highest BCUT2D eigenvalue weighted by atomic mass is 35.5. The molecule has 3 rings (SSSR count). The number of anilines is 1. The summed E-state index contributed by atoms with van der Waals surface area (Å²) in [5, 5.41) is 10.8. The normalized spacial score (nSPS) is 16.4. The molecule has 0 amide bonds. The molecule has 1 aromatic heterocycles. The average Bonchev–Trinajstić information content (AvgIpc) is 2.54. The van der Waals surface area contributed by atoms with E-state index in [9.17, 15) is 4.79 Å². The van der Waals surface area contributed by atoms with Crippen LogP contribution in [-0.4, -0.2) is 53.4 Å². The van der Waals surface area contributed by atoms with Gasteiger partial charge in [-0.25, -0.2) is 5.01 Å². The molecule has 122 valence electrons. The maximum Gasteiger partial charge on any atom is 0.274 e. The fraction of sp³-hybridized carbons (Fsp3) is 0.400. The number of halogens is 1. The highest BCUT2D eigenvalue weighted by Gasteiger charge is 2.17. The monoisotopic (exact) mass is 335 g/mol. The van der Waals surface area contributed by atoms with Gasteiger partial charge in [-0.15, -0.1) is 10.2 Å². The molecule has 2 aromatic rings. The number of benzene rings is 1. The third-order valence-corrected chi connectivity index (χ3v) is 4.33. The summed E-state index contributed by atoms with van der Waals surface area (Å²) in [6, 6.07) is 7.41. The maximum atomic E-state index is 12.2. The molecular weight excluding hydrogens is 316 g/mol. The fourth-order valence-corrected chi connectivity index (χ4v) is 2.70. The second-order valence-corrected chi connectivity index (χ2v) is 6.18. The quantitative estimate of drug-likeness (QED) is 0.706. The van der Waals surface area contributed by atoms with Gasteiger partial charge in [-0.1, -0.05) is 29.8 Å². The summed E-state index contributed by atoms with van der Waals surface area (Å²) in [7, 11) is 2.17. The molecule has 0 aliphatic carbocycles. The van der Waals surface area contributed by atoms with Gasteiger partial charge >= 0.3 is 0 Å². The predicted octanol–water partition coefficient (Wildman–Crippen LogP) is -0.434. The summed E-state index contributed by atoms with van der Waals surface area (Å²) in [6.07, 6.45) is 0.361. The molecule has 1 aliphatic heterocycles. The molecule has 0 bridgehead atoms. The van der Waals surface area contributed by atoms with Gasteiger partial charge in [0, 0.05) is 11.4 Å². The molecule has 1 saturated heterocycles. The molecule has 3 N–H and O–H groups in total. The first kappa shape index (κ1) is 15.9. The van der Waals surface area contributed by atoms with Crippen molar-refractivity contribution in [2.24, 2.45) is 0 Å². The van der Waals surface area contributed by atoms with Crippen LogP contribution in [0.15, 0.2) is 29.1 Å². The number of aromatic nitrogens is 3. The van der Waals surface area contributed by atoms with Crippen molar-refractivity contribution in [3.8, 4) is 0 Å². The Kier molecular flexibility index (Phi) is 4.90. The minimum absolute atomic E-state index is 0.248. The zero-order valence-electron chi connectivity index (χ0n) is 13.0. The molecule has 7 nitrogen and oxygen atoms in total. The Balaban J connectivity index is 1.69. The van der Waals surface area contributed by atoms with Crippen LogP contribution >= 0.6 is 11.6 Å². The lowest BCUT2D eigenvalue weighted by Gasteiger charge is -2.29. The van der Waals surface area contributed by atoms with Gasteiger partial charge in [-0.05, 0) is 11.6 Å². The van der Waals surface area contributed by atoms with Crippen molar-refractivity contribution in [2.75, 3.05) is 38.7 Å². The number of quaternary nitrogens is 1. The summed E-state index contributed by atoms with van der Waals surface area (Å²) in [5.74, 6) is 0.373. The molecular formula is C15H20ClN6O+. The predicted molar refractivity (Wildman–Crippen MR) is 88.7 cm³/mol. The Labute approximate surface area is 139 Å². The highest BCUT2D eigenvalue weighted by molar-refractivity contribution is 6.31. The summed E-state index contributed by atoms with van der Waals surface area (Å²) < 4.78 is 0. The van der Waals surface area contributed by atoms with Crippen molar-refractivity contribution in [1.82, 2.24) is 20.2 Å². The smallest absolute Gasteiger partial charge is 0.274 e. The third-order valence-electron chi connectivity index (χ3n) is 3.96. The Morgan fingerprint density at radius 2 is 2.04 bits per heavy atom. The lowest BCUT2D eigenvalue weighted by Crippen LogP contribution is -3.12. The molecule has 2 heterocycles. The first-order valence-corrected chi connectivity index (χ1v) is 8.02. The number of likely N-dealkylation sites (N-methyl/N-ethyl adjacent to an activating group) is 1. The van der Waals surface area contributed by atoms with Gasteiger partial charge in [0.15, 0.2) is 0 Å². The van der Waals surface area contributed by atoms with Gasteiger partial charge in [0.2, 0.25) is 5.95 Å².